The molecule has 3 heteroatoms. The van der Waals surface area contributed by atoms with Crippen molar-refractivity contribution in [1.29, 1.82) is 0 Å². The highest BCUT2D eigenvalue weighted by atomic mass is 79.9. The molecule has 1 N–H and O–H groups in total. The number of rotatable bonds is 2. The summed E-state index contributed by atoms with van der Waals surface area (Å²) in [5.74, 6) is 0. The van der Waals surface area contributed by atoms with E-state index in [1.165, 1.54) is 5.56 Å². The molecule has 1 fully saturated rings. The maximum Gasteiger partial charge on any atom is 0.0748 e. The standard InChI is InChI=1S/C12H16BrNO/c1-8-3-4-10(7-11(8)13)14-12-5-6-15-9(12)2/h3-4,7,9,12,14H,5-6H2,1-2H3. The Bertz CT molecular complexity index is 353. The van der Waals surface area contributed by atoms with E-state index in [9.17, 15) is 0 Å². The summed E-state index contributed by atoms with van der Waals surface area (Å²) in [6, 6.07) is 6.80. The van der Waals surface area contributed by atoms with Crippen LogP contribution in [0.5, 0.6) is 0 Å². The lowest BCUT2D eigenvalue weighted by atomic mass is 10.1. The molecule has 1 aromatic carbocycles. The average molecular weight is 270 g/mol. The van der Waals surface area contributed by atoms with Gasteiger partial charge in [-0.15, -0.1) is 0 Å². The molecule has 0 radical (unpaired) electrons. The highest BCUT2D eigenvalue weighted by molar-refractivity contribution is 9.10. The lowest BCUT2D eigenvalue weighted by Gasteiger charge is -2.17. The fourth-order valence-corrected chi connectivity index (χ4v) is 2.20. The summed E-state index contributed by atoms with van der Waals surface area (Å²) < 4.78 is 6.67. The number of anilines is 1. The van der Waals surface area contributed by atoms with Gasteiger partial charge in [0.1, 0.15) is 0 Å². The summed E-state index contributed by atoms with van der Waals surface area (Å²) in [5, 5.41) is 3.50. The Morgan fingerprint density at radius 2 is 2.27 bits per heavy atom. The van der Waals surface area contributed by atoms with E-state index in [1.807, 2.05) is 0 Å². The van der Waals surface area contributed by atoms with Crippen LogP contribution in [0.3, 0.4) is 0 Å². The molecule has 1 aliphatic heterocycles. The van der Waals surface area contributed by atoms with Gasteiger partial charge in [0.05, 0.1) is 12.1 Å². The van der Waals surface area contributed by atoms with Gasteiger partial charge in [-0.1, -0.05) is 22.0 Å². The molecule has 1 saturated heterocycles. The van der Waals surface area contributed by atoms with E-state index in [-0.39, 0.29) is 0 Å². The third-order valence-electron chi connectivity index (χ3n) is 2.90. The zero-order valence-electron chi connectivity index (χ0n) is 9.09. The normalized spacial score (nSPS) is 25.5. The molecule has 15 heavy (non-hydrogen) atoms. The van der Waals surface area contributed by atoms with Gasteiger partial charge in [-0.05, 0) is 38.0 Å². The quantitative estimate of drug-likeness (QED) is 0.889. The summed E-state index contributed by atoms with van der Waals surface area (Å²) >= 11 is 3.54. The molecule has 0 spiro atoms. The minimum atomic E-state index is 0.310. The molecule has 0 aliphatic carbocycles. The third-order valence-corrected chi connectivity index (χ3v) is 3.75. The maximum atomic E-state index is 5.52. The first-order chi connectivity index (χ1) is 7.16. The Labute approximate surface area is 99.1 Å². The van der Waals surface area contributed by atoms with E-state index in [1.54, 1.807) is 0 Å². The van der Waals surface area contributed by atoms with Gasteiger partial charge in [0, 0.05) is 16.8 Å². The van der Waals surface area contributed by atoms with E-state index in [0.717, 1.165) is 23.2 Å². The van der Waals surface area contributed by atoms with E-state index < -0.39 is 0 Å². The third kappa shape index (κ3) is 2.52. The molecular formula is C12H16BrNO. The maximum absolute atomic E-state index is 5.52. The Balaban J connectivity index is 2.07. The molecule has 0 saturated carbocycles. The molecule has 0 aromatic heterocycles. The number of nitrogens with one attached hydrogen (secondary N) is 1. The first-order valence-electron chi connectivity index (χ1n) is 5.31. The van der Waals surface area contributed by atoms with Gasteiger partial charge in [0.2, 0.25) is 0 Å². The minimum absolute atomic E-state index is 0.310. The van der Waals surface area contributed by atoms with Gasteiger partial charge >= 0.3 is 0 Å². The van der Waals surface area contributed by atoms with Crippen LogP contribution in [-0.2, 0) is 4.74 Å². The fourth-order valence-electron chi connectivity index (χ4n) is 1.82. The molecule has 82 valence electrons. The van der Waals surface area contributed by atoms with E-state index in [0.29, 0.717) is 12.1 Å². The summed E-state index contributed by atoms with van der Waals surface area (Å²) in [5.41, 5.74) is 2.42. The predicted octanol–water partition coefficient (Wildman–Crippen LogP) is 3.35. The number of ether oxygens (including phenoxy) is 1. The molecule has 0 amide bonds. The second kappa shape index (κ2) is 4.54. The Hall–Kier alpha value is -0.540. The first-order valence-corrected chi connectivity index (χ1v) is 6.10. The Kier molecular flexibility index (Phi) is 3.32. The zero-order chi connectivity index (χ0) is 10.8. The van der Waals surface area contributed by atoms with Crippen molar-refractivity contribution < 1.29 is 4.74 Å². The number of hydrogen-bond donors (Lipinski definition) is 1. The van der Waals surface area contributed by atoms with Crippen LogP contribution < -0.4 is 5.32 Å². The van der Waals surface area contributed by atoms with Crippen LogP contribution in [0.2, 0.25) is 0 Å². The molecule has 1 aliphatic rings. The van der Waals surface area contributed by atoms with Crippen molar-refractivity contribution in [1.82, 2.24) is 0 Å². The van der Waals surface area contributed by atoms with Gasteiger partial charge in [-0.2, -0.15) is 0 Å². The molecular weight excluding hydrogens is 254 g/mol. The molecule has 2 unspecified atom stereocenters. The zero-order valence-corrected chi connectivity index (χ0v) is 10.7. The topological polar surface area (TPSA) is 21.3 Å². The second-order valence-corrected chi connectivity index (χ2v) is 4.93. The van der Waals surface area contributed by atoms with Crippen molar-refractivity contribution in [2.75, 3.05) is 11.9 Å². The molecule has 0 bridgehead atoms. The molecule has 1 heterocycles. The van der Waals surface area contributed by atoms with E-state index >= 15 is 0 Å². The summed E-state index contributed by atoms with van der Waals surface area (Å²) in [4.78, 5) is 0. The van der Waals surface area contributed by atoms with Gasteiger partial charge in [0.15, 0.2) is 0 Å². The largest absolute Gasteiger partial charge is 0.380 e. The molecule has 1 aromatic rings. The van der Waals surface area contributed by atoms with Gasteiger partial charge < -0.3 is 10.1 Å². The summed E-state index contributed by atoms with van der Waals surface area (Å²) in [6.45, 7) is 5.08. The monoisotopic (exact) mass is 269 g/mol. The van der Waals surface area contributed by atoms with Gasteiger partial charge in [-0.3, -0.25) is 0 Å². The number of aryl methyl sites for hydroxylation is 1. The van der Waals surface area contributed by atoms with Crippen molar-refractivity contribution in [3.05, 3.63) is 28.2 Å². The summed E-state index contributed by atoms with van der Waals surface area (Å²) in [7, 11) is 0. The van der Waals surface area contributed by atoms with E-state index in [2.05, 4.69) is 53.3 Å². The Morgan fingerprint density at radius 1 is 1.47 bits per heavy atom. The fraction of sp³-hybridized carbons (Fsp3) is 0.500. The predicted molar refractivity (Wildman–Crippen MR) is 66.3 cm³/mol. The highest BCUT2D eigenvalue weighted by Gasteiger charge is 2.23. The summed E-state index contributed by atoms with van der Waals surface area (Å²) in [6.07, 6.45) is 1.40. The van der Waals surface area contributed by atoms with Gasteiger partial charge in [-0.25, -0.2) is 0 Å². The van der Waals surface area contributed by atoms with Crippen molar-refractivity contribution in [3.63, 3.8) is 0 Å². The number of halogens is 1. The molecule has 2 atom stereocenters. The first kappa shape index (κ1) is 11.0. The second-order valence-electron chi connectivity index (χ2n) is 4.08. The van der Waals surface area contributed by atoms with Crippen LogP contribution in [0.25, 0.3) is 0 Å². The SMILES string of the molecule is Cc1ccc(NC2CCOC2C)cc1Br. The van der Waals surface area contributed by atoms with Crippen LogP contribution in [0.4, 0.5) is 5.69 Å². The van der Waals surface area contributed by atoms with Crippen LogP contribution >= 0.6 is 15.9 Å². The van der Waals surface area contributed by atoms with Crippen LogP contribution in [0.1, 0.15) is 18.9 Å². The van der Waals surface area contributed by atoms with Gasteiger partial charge in [0.25, 0.3) is 0 Å². The van der Waals surface area contributed by atoms with E-state index in [4.69, 9.17) is 4.74 Å². The van der Waals surface area contributed by atoms with Crippen molar-refractivity contribution in [3.8, 4) is 0 Å². The number of hydrogen-bond acceptors (Lipinski definition) is 2. The number of benzene rings is 1. The van der Waals surface area contributed by atoms with Crippen LogP contribution in [0, 0.1) is 6.92 Å². The van der Waals surface area contributed by atoms with Crippen LogP contribution in [0.15, 0.2) is 22.7 Å². The molecule has 2 nitrogen and oxygen atoms in total. The average Bonchev–Trinajstić information content (AvgIpc) is 2.59. The van der Waals surface area contributed by atoms with Crippen LogP contribution in [-0.4, -0.2) is 18.8 Å². The Morgan fingerprint density at radius 3 is 2.87 bits per heavy atom. The van der Waals surface area contributed by atoms with Crippen molar-refractivity contribution in [2.45, 2.75) is 32.4 Å². The lowest BCUT2D eigenvalue weighted by Crippen LogP contribution is -2.26. The lowest BCUT2D eigenvalue weighted by molar-refractivity contribution is 0.121. The smallest absolute Gasteiger partial charge is 0.0748 e. The molecule has 2 rings (SSSR count). The minimum Gasteiger partial charge on any atom is -0.380 e. The van der Waals surface area contributed by atoms with Crippen molar-refractivity contribution in [2.24, 2.45) is 0 Å². The van der Waals surface area contributed by atoms with Crippen molar-refractivity contribution >= 4 is 21.6 Å². The highest BCUT2D eigenvalue weighted by Crippen LogP contribution is 2.23.